The summed E-state index contributed by atoms with van der Waals surface area (Å²) in [4.78, 5) is 30.6. The minimum atomic E-state index is -0.384. The molecule has 2 aromatic heterocycles. The SMILES string of the molecule is Cc1ccc(NC(=O)c2cc(=O)n3c(nc4cc(C)c(C)cc43)s2)c(Cl)c1. The highest BCUT2D eigenvalue weighted by atomic mass is 35.5. The zero-order valence-electron chi connectivity index (χ0n) is 15.0. The Morgan fingerprint density at radius 2 is 1.85 bits per heavy atom. The number of nitrogens with zero attached hydrogens (tertiary/aromatic N) is 2. The topological polar surface area (TPSA) is 63.5 Å². The van der Waals surface area contributed by atoms with Gasteiger partial charge in [-0.05, 0) is 61.7 Å². The van der Waals surface area contributed by atoms with Crippen molar-refractivity contribution in [3.8, 4) is 0 Å². The van der Waals surface area contributed by atoms with Crippen LogP contribution in [0.15, 0.2) is 41.2 Å². The van der Waals surface area contributed by atoms with Crippen molar-refractivity contribution < 1.29 is 4.79 Å². The van der Waals surface area contributed by atoms with Crippen LogP contribution in [0.3, 0.4) is 0 Å². The molecule has 0 saturated carbocycles. The lowest BCUT2D eigenvalue weighted by Gasteiger charge is -2.07. The minimum absolute atomic E-state index is 0.283. The lowest BCUT2D eigenvalue weighted by Crippen LogP contribution is -2.17. The number of aromatic nitrogens is 2. The molecule has 0 spiro atoms. The summed E-state index contributed by atoms with van der Waals surface area (Å²) in [6.45, 7) is 5.92. The van der Waals surface area contributed by atoms with Gasteiger partial charge in [0, 0.05) is 6.07 Å². The van der Waals surface area contributed by atoms with Crippen molar-refractivity contribution in [2.75, 3.05) is 5.32 Å². The summed E-state index contributed by atoms with van der Waals surface area (Å²) in [5.41, 5.74) is 4.91. The Kier molecular flexibility index (Phi) is 4.25. The maximum absolute atomic E-state index is 12.7. The molecule has 0 radical (unpaired) electrons. The van der Waals surface area contributed by atoms with Gasteiger partial charge in [-0.15, -0.1) is 0 Å². The van der Waals surface area contributed by atoms with Gasteiger partial charge in [-0.1, -0.05) is 29.0 Å². The van der Waals surface area contributed by atoms with Crippen molar-refractivity contribution in [3.05, 3.63) is 73.3 Å². The van der Waals surface area contributed by atoms with Crippen molar-refractivity contribution in [1.29, 1.82) is 0 Å². The van der Waals surface area contributed by atoms with E-state index >= 15 is 0 Å². The van der Waals surface area contributed by atoms with Crippen LogP contribution in [0.2, 0.25) is 5.02 Å². The average Bonchev–Trinajstić information content (AvgIpc) is 2.95. The van der Waals surface area contributed by atoms with Gasteiger partial charge >= 0.3 is 0 Å². The molecule has 0 aliphatic carbocycles. The van der Waals surface area contributed by atoms with Gasteiger partial charge in [0.05, 0.1) is 21.7 Å². The zero-order chi connectivity index (χ0) is 19.3. The largest absolute Gasteiger partial charge is 0.320 e. The number of fused-ring (bicyclic) bond motifs is 3. The number of rotatable bonds is 2. The van der Waals surface area contributed by atoms with Crippen LogP contribution in [0.1, 0.15) is 26.4 Å². The predicted molar refractivity (Wildman–Crippen MR) is 110 cm³/mol. The lowest BCUT2D eigenvalue weighted by molar-refractivity contribution is 0.103. The maximum atomic E-state index is 12.7. The number of hydrogen-bond donors (Lipinski definition) is 1. The van der Waals surface area contributed by atoms with E-state index in [9.17, 15) is 9.59 Å². The quantitative estimate of drug-likeness (QED) is 0.531. The molecule has 1 amide bonds. The number of carbonyl (C=O) groups excluding carboxylic acids is 1. The first-order chi connectivity index (χ1) is 12.8. The molecular formula is C20H16ClN3O2S. The molecule has 0 saturated heterocycles. The van der Waals surface area contributed by atoms with Gasteiger partial charge in [-0.2, -0.15) is 0 Å². The summed E-state index contributed by atoms with van der Waals surface area (Å²) in [5, 5.41) is 3.21. The van der Waals surface area contributed by atoms with Gasteiger partial charge in [0.15, 0.2) is 4.96 Å². The maximum Gasteiger partial charge on any atom is 0.266 e. The first-order valence-electron chi connectivity index (χ1n) is 8.34. The molecule has 27 heavy (non-hydrogen) atoms. The highest BCUT2D eigenvalue weighted by Gasteiger charge is 2.16. The van der Waals surface area contributed by atoms with Crippen LogP contribution in [0, 0.1) is 20.8 Å². The molecule has 0 aliphatic heterocycles. The van der Waals surface area contributed by atoms with Gasteiger partial charge in [-0.3, -0.25) is 14.0 Å². The standard InChI is InChI=1S/C20H16ClN3O2S/c1-10-4-5-14(13(21)6-10)22-19(26)17-9-18(25)24-16-8-12(3)11(2)7-15(16)23-20(24)27-17/h4-9H,1-3H3,(H,22,26). The first-order valence-corrected chi connectivity index (χ1v) is 9.54. The fourth-order valence-electron chi connectivity index (χ4n) is 2.91. The molecule has 4 rings (SSSR count). The van der Waals surface area contributed by atoms with Gasteiger partial charge < -0.3 is 5.32 Å². The molecular weight excluding hydrogens is 382 g/mol. The molecule has 1 N–H and O–H groups in total. The Morgan fingerprint density at radius 3 is 2.59 bits per heavy atom. The Balaban J connectivity index is 1.79. The molecule has 4 aromatic rings. The summed E-state index contributed by atoms with van der Waals surface area (Å²) >= 11 is 7.35. The third-order valence-corrected chi connectivity index (χ3v) is 5.80. The second kappa shape index (κ2) is 6.48. The van der Waals surface area contributed by atoms with Crippen LogP contribution in [0.25, 0.3) is 16.0 Å². The molecule has 136 valence electrons. The third kappa shape index (κ3) is 3.11. The van der Waals surface area contributed by atoms with E-state index in [4.69, 9.17) is 11.6 Å². The van der Waals surface area contributed by atoms with E-state index < -0.39 is 0 Å². The molecule has 2 aromatic carbocycles. The minimum Gasteiger partial charge on any atom is -0.320 e. The van der Waals surface area contributed by atoms with Crippen LogP contribution >= 0.6 is 22.9 Å². The van der Waals surface area contributed by atoms with E-state index in [-0.39, 0.29) is 16.3 Å². The van der Waals surface area contributed by atoms with Gasteiger partial charge in [0.25, 0.3) is 11.5 Å². The highest BCUT2D eigenvalue weighted by Crippen LogP contribution is 2.25. The van der Waals surface area contributed by atoms with Gasteiger partial charge in [-0.25, -0.2) is 4.98 Å². The number of hydrogen-bond acceptors (Lipinski definition) is 4. The summed E-state index contributed by atoms with van der Waals surface area (Å²) < 4.78 is 1.54. The van der Waals surface area contributed by atoms with Crippen LogP contribution in [0.4, 0.5) is 5.69 Å². The number of aryl methyl sites for hydroxylation is 3. The van der Waals surface area contributed by atoms with Crippen molar-refractivity contribution >= 4 is 50.5 Å². The zero-order valence-corrected chi connectivity index (χ0v) is 16.5. The Labute approximate surface area is 164 Å². The van der Waals surface area contributed by atoms with Crippen molar-refractivity contribution in [2.45, 2.75) is 20.8 Å². The van der Waals surface area contributed by atoms with Crippen LogP contribution < -0.4 is 10.9 Å². The second-order valence-electron chi connectivity index (χ2n) is 6.54. The Hall–Kier alpha value is -2.70. The monoisotopic (exact) mass is 397 g/mol. The van der Waals surface area contributed by atoms with E-state index in [1.165, 1.54) is 17.4 Å². The third-order valence-electron chi connectivity index (χ3n) is 4.51. The van der Waals surface area contributed by atoms with Crippen molar-refractivity contribution in [3.63, 3.8) is 0 Å². The Morgan fingerprint density at radius 1 is 1.11 bits per heavy atom. The van der Waals surface area contributed by atoms with E-state index in [1.54, 1.807) is 16.5 Å². The Bertz CT molecular complexity index is 1290. The molecule has 0 atom stereocenters. The summed E-state index contributed by atoms with van der Waals surface area (Å²) in [6, 6.07) is 10.6. The normalized spacial score (nSPS) is 11.3. The van der Waals surface area contributed by atoms with Crippen LogP contribution in [-0.2, 0) is 0 Å². The molecule has 0 fully saturated rings. The fraction of sp³-hybridized carbons (Fsp3) is 0.150. The first kappa shape index (κ1) is 17.7. The lowest BCUT2D eigenvalue weighted by atomic mass is 10.1. The smallest absolute Gasteiger partial charge is 0.266 e. The number of nitrogens with one attached hydrogen (secondary N) is 1. The molecule has 0 aliphatic rings. The number of imidazole rings is 1. The fourth-order valence-corrected chi connectivity index (χ4v) is 4.12. The number of carbonyl (C=O) groups is 1. The van der Waals surface area contributed by atoms with Gasteiger partial charge in [0.1, 0.15) is 4.88 Å². The van der Waals surface area contributed by atoms with Crippen molar-refractivity contribution in [2.24, 2.45) is 0 Å². The number of halogens is 1. The van der Waals surface area contributed by atoms with Gasteiger partial charge in [0.2, 0.25) is 0 Å². The average molecular weight is 398 g/mol. The van der Waals surface area contributed by atoms with Crippen LogP contribution in [0.5, 0.6) is 0 Å². The predicted octanol–water partition coefficient (Wildman–Crippen LogP) is 4.74. The number of anilines is 1. The molecule has 0 bridgehead atoms. The molecule has 7 heteroatoms. The summed E-state index contributed by atoms with van der Waals surface area (Å²) in [6.07, 6.45) is 0. The molecule has 5 nitrogen and oxygen atoms in total. The van der Waals surface area contributed by atoms with E-state index in [1.807, 2.05) is 39.0 Å². The van der Waals surface area contributed by atoms with Crippen LogP contribution in [-0.4, -0.2) is 15.3 Å². The van der Waals surface area contributed by atoms with E-state index in [2.05, 4.69) is 10.3 Å². The van der Waals surface area contributed by atoms with E-state index in [0.717, 1.165) is 27.7 Å². The highest BCUT2D eigenvalue weighted by molar-refractivity contribution is 7.18. The second-order valence-corrected chi connectivity index (χ2v) is 7.96. The number of amides is 1. The van der Waals surface area contributed by atoms with E-state index in [0.29, 0.717) is 15.7 Å². The van der Waals surface area contributed by atoms with Crippen molar-refractivity contribution in [1.82, 2.24) is 9.38 Å². The summed E-state index contributed by atoms with van der Waals surface area (Å²) in [5.74, 6) is -0.384. The summed E-state index contributed by atoms with van der Waals surface area (Å²) in [7, 11) is 0. The molecule has 2 heterocycles. The molecule has 0 unspecified atom stereocenters. The number of benzene rings is 2.